The molecule has 2 N–H and O–H groups in total. The number of methoxy groups -OCH3 is 1. The van der Waals surface area contributed by atoms with Crippen LogP contribution >= 0.6 is 0 Å². The van der Waals surface area contributed by atoms with Crippen molar-refractivity contribution in [1.82, 2.24) is 10.3 Å². The van der Waals surface area contributed by atoms with Crippen molar-refractivity contribution in [2.45, 2.75) is 26.2 Å². The van der Waals surface area contributed by atoms with Crippen LogP contribution in [-0.2, 0) is 6.42 Å². The van der Waals surface area contributed by atoms with Crippen LogP contribution in [0.1, 0.15) is 40.0 Å². The SMILES string of the molecule is COc1cccc(-c2cccc(Cc3ncccc3C(=O)CCCNCCO)c2C)c1F. The van der Waals surface area contributed by atoms with Crippen molar-refractivity contribution < 1.29 is 19.0 Å². The van der Waals surface area contributed by atoms with Crippen molar-refractivity contribution in [3.8, 4) is 16.9 Å². The number of halogens is 1. The smallest absolute Gasteiger partial charge is 0.172 e. The summed E-state index contributed by atoms with van der Waals surface area (Å²) in [6.45, 7) is 3.24. The fourth-order valence-electron chi connectivity index (χ4n) is 3.77. The topological polar surface area (TPSA) is 71.5 Å². The van der Waals surface area contributed by atoms with Gasteiger partial charge in [-0.1, -0.05) is 30.3 Å². The number of nitrogens with one attached hydrogen (secondary N) is 1. The molecule has 3 rings (SSSR count). The number of ketones is 1. The molecule has 0 bridgehead atoms. The number of nitrogens with zero attached hydrogens (tertiary/aromatic N) is 1. The molecular formula is C26H29FN2O3. The molecule has 0 amide bonds. The van der Waals surface area contributed by atoms with E-state index in [1.165, 1.54) is 7.11 Å². The van der Waals surface area contributed by atoms with Crippen LogP contribution in [0.25, 0.3) is 11.1 Å². The molecule has 0 unspecified atom stereocenters. The van der Waals surface area contributed by atoms with Gasteiger partial charge in [-0.2, -0.15) is 0 Å². The molecule has 32 heavy (non-hydrogen) atoms. The lowest BCUT2D eigenvalue weighted by atomic mass is 9.92. The number of hydrogen-bond donors (Lipinski definition) is 2. The minimum Gasteiger partial charge on any atom is -0.494 e. The Balaban J connectivity index is 1.83. The number of hydrogen-bond acceptors (Lipinski definition) is 5. The molecular weight excluding hydrogens is 407 g/mol. The predicted octanol–water partition coefficient (Wildman–Crippen LogP) is 4.34. The number of benzene rings is 2. The molecule has 0 spiro atoms. The Labute approximate surface area is 188 Å². The summed E-state index contributed by atoms with van der Waals surface area (Å²) in [4.78, 5) is 17.3. The van der Waals surface area contributed by atoms with Gasteiger partial charge >= 0.3 is 0 Å². The number of pyridine rings is 1. The second-order valence-corrected chi connectivity index (χ2v) is 7.59. The molecule has 0 radical (unpaired) electrons. The molecule has 2 aromatic carbocycles. The molecule has 0 fully saturated rings. The molecule has 0 aliphatic heterocycles. The van der Waals surface area contributed by atoms with Gasteiger partial charge in [-0.15, -0.1) is 0 Å². The zero-order chi connectivity index (χ0) is 22.9. The third-order valence-corrected chi connectivity index (χ3v) is 5.51. The molecule has 5 nitrogen and oxygen atoms in total. The minimum absolute atomic E-state index is 0.0477. The first kappa shape index (κ1) is 23.6. The van der Waals surface area contributed by atoms with Gasteiger partial charge in [0.2, 0.25) is 0 Å². The average Bonchev–Trinajstić information content (AvgIpc) is 2.81. The van der Waals surface area contributed by atoms with Gasteiger partial charge in [0, 0.05) is 36.7 Å². The van der Waals surface area contributed by atoms with E-state index in [-0.39, 0.29) is 18.1 Å². The third-order valence-electron chi connectivity index (χ3n) is 5.51. The van der Waals surface area contributed by atoms with Crippen LogP contribution in [-0.4, -0.2) is 42.7 Å². The van der Waals surface area contributed by atoms with Gasteiger partial charge in [-0.25, -0.2) is 4.39 Å². The molecule has 3 aromatic rings. The fourth-order valence-corrected chi connectivity index (χ4v) is 3.77. The highest BCUT2D eigenvalue weighted by atomic mass is 19.1. The van der Waals surface area contributed by atoms with Crippen LogP contribution in [0.2, 0.25) is 0 Å². The van der Waals surface area contributed by atoms with Gasteiger partial charge < -0.3 is 15.2 Å². The molecule has 0 saturated heterocycles. The standard InChI is InChI=1S/C26H29FN2O3/c1-18-19(7-3-8-20(18)21-9-4-12-25(32-2)26(21)27)17-23-22(10-5-14-29-23)24(31)11-6-13-28-15-16-30/h3-5,7-10,12,14,28,30H,6,11,13,15-17H2,1-2H3. The van der Waals surface area contributed by atoms with E-state index in [1.54, 1.807) is 30.5 Å². The monoisotopic (exact) mass is 436 g/mol. The van der Waals surface area contributed by atoms with E-state index < -0.39 is 5.82 Å². The molecule has 0 aliphatic rings. The number of aromatic nitrogens is 1. The lowest BCUT2D eigenvalue weighted by Crippen LogP contribution is -2.20. The number of aliphatic hydroxyl groups is 1. The molecule has 6 heteroatoms. The molecule has 1 aromatic heterocycles. The Morgan fingerprint density at radius 2 is 1.88 bits per heavy atom. The van der Waals surface area contributed by atoms with Crippen molar-refractivity contribution >= 4 is 5.78 Å². The summed E-state index contributed by atoms with van der Waals surface area (Å²) < 4.78 is 20.0. The van der Waals surface area contributed by atoms with E-state index in [0.29, 0.717) is 49.2 Å². The Bertz CT molecular complexity index is 1070. The largest absolute Gasteiger partial charge is 0.494 e. The van der Waals surface area contributed by atoms with E-state index in [1.807, 2.05) is 31.2 Å². The van der Waals surface area contributed by atoms with Gasteiger partial charge in [0.05, 0.1) is 19.4 Å². The first-order chi connectivity index (χ1) is 15.6. The number of carbonyl (C=O) groups excluding carboxylic acids is 1. The minimum atomic E-state index is -0.390. The van der Waals surface area contributed by atoms with E-state index in [9.17, 15) is 9.18 Å². The molecule has 0 saturated carbocycles. The molecule has 0 atom stereocenters. The fraction of sp³-hybridized carbons (Fsp3) is 0.308. The summed E-state index contributed by atoms with van der Waals surface area (Å²) in [7, 11) is 1.45. The van der Waals surface area contributed by atoms with E-state index in [4.69, 9.17) is 9.84 Å². The maximum absolute atomic E-state index is 14.9. The predicted molar refractivity (Wildman–Crippen MR) is 124 cm³/mol. The first-order valence-electron chi connectivity index (χ1n) is 10.8. The summed E-state index contributed by atoms with van der Waals surface area (Å²) >= 11 is 0. The maximum atomic E-state index is 14.9. The second-order valence-electron chi connectivity index (χ2n) is 7.59. The van der Waals surface area contributed by atoms with E-state index in [2.05, 4.69) is 10.3 Å². The van der Waals surface area contributed by atoms with Crippen LogP contribution in [0.5, 0.6) is 5.75 Å². The zero-order valence-corrected chi connectivity index (χ0v) is 18.5. The van der Waals surface area contributed by atoms with Gasteiger partial charge in [0.1, 0.15) is 0 Å². The Hall–Kier alpha value is -3.09. The van der Waals surface area contributed by atoms with Gasteiger partial charge in [-0.3, -0.25) is 9.78 Å². The normalized spacial score (nSPS) is 10.9. The zero-order valence-electron chi connectivity index (χ0n) is 18.5. The van der Waals surface area contributed by atoms with Crippen LogP contribution < -0.4 is 10.1 Å². The van der Waals surface area contributed by atoms with E-state index >= 15 is 0 Å². The van der Waals surface area contributed by atoms with Crippen LogP contribution in [0, 0.1) is 12.7 Å². The van der Waals surface area contributed by atoms with Crippen LogP contribution in [0.4, 0.5) is 4.39 Å². The number of carbonyl (C=O) groups is 1. The summed E-state index contributed by atoms with van der Waals surface area (Å²) in [6.07, 6.45) is 3.27. The van der Waals surface area contributed by atoms with Gasteiger partial charge in [0.15, 0.2) is 17.3 Å². The third kappa shape index (κ3) is 5.58. The number of aliphatic hydroxyl groups excluding tert-OH is 1. The Kier molecular flexibility index (Phi) is 8.48. The average molecular weight is 437 g/mol. The van der Waals surface area contributed by atoms with Crippen molar-refractivity contribution in [3.63, 3.8) is 0 Å². The number of rotatable bonds is 11. The van der Waals surface area contributed by atoms with Gasteiger partial charge in [-0.05, 0) is 54.8 Å². The summed E-state index contributed by atoms with van der Waals surface area (Å²) in [5.41, 5.74) is 4.53. The highest BCUT2D eigenvalue weighted by Crippen LogP contribution is 2.33. The first-order valence-corrected chi connectivity index (χ1v) is 10.8. The van der Waals surface area contributed by atoms with Gasteiger partial charge in [0.25, 0.3) is 0 Å². The lowest BCUT2D eigenvalue weighted by molar-refractivity contribution is 0.0978. The van der Waals surface area contributed by atoms with Crippen molar-refractivity contribution in [2.75, 3.05) is 26.8 Å². The van der Waals surface area contributed by atoms with E-state index in [0.717, 1.165) is 16.7 Å². The summed E-state index contributed by atoms with van der Waals surface area (Å²) in [5, 5.41) is 11.9. The highest BCUT2D eigenvalue weighted by molar-refractivity contribution is 5.97. The summed E-state index contributed by atoms with van der Waals surface area (Å²) in [6, 6.07) is 14.5. The number of Topliss-reactive ketones (excluding diaryl/α,β-unsaturated/α-hetero) is 1. The Morgan fingerprint density at radius 1 is 1.09 bits per heavy atom. The molecule has 0 aliphatic carbocycles. The molecule has 1 heterocycles. The number of ether oxygens (including phenoxy) is 1. The quantitative estimate of drug-likeness (QED) is 0.346. The molecule has 168 valence electrons. The maximum Gasteiger partial charge on any atom is 0.172 e. The Morgan fingerprint density at radius 3 is 2.66 bits per heavy atom. The highest BCUT2D eigenvalue weighted by Gasteiger charge is 2.17. The van der Waals surface area contributed by atoms with Crippen molar-refractivity contribution in [3.05, 3.63) is 82.9 Å². The second kappa shape index (κ2) is 11.5. The lowest BCUT2D eigenvalue weighted by Gasteiger charge is -2.14. The van der Waals surface area contributed by atoms with Crippen LogP contribution in [0.3, 0.4) is 0 Å². The van der Waals surface area contributed by atoms with Crippen LogP contribution in [0.15, 0.2) is 54.7 Å². The van der Waals surface area contributed by atoms with Crippen molar-refractivity contribution in [2.24, 2.45) is 0 Å². The van der Waals surface area contributed by atoms with Crippen molar-refractivity contribution in [1.29, 1.82) is 0 Å². The summed E-state index contributed by atoms with van der Waals surface area (Å²) in [5.74, 6) is -0.135.